The molecule has 0 aromatic carbocycles. The number of hydrogen-bond donors (Lipinski definition) is 2. The Bertz CT molecular complexity index is 585. The fraction of sp³-hybridized carbons (Fsp3) is 0.778. The minimum Gasteiger partial charge on any atom is -0.327 e. The highest BCUT2D eigenvalue weighted by atomic mass is 32.2. The van der Waals surface area contributed by atoms with Gasteiger partial charge < -0.3 is 5.73 Å². The van der Waals surface area contributed by atoms with Crippen molar-refractivity contribution in [2.45, 2.75) is 35.4 Å². The van der Waals surface area contributed by atoms with Gasteiger partial charge in [0.15, 0.2) is 0 Å². The molecule has 4 nitrogen and oxygen atoms in total. The Labute approximate surface area is 137 Å². The van der Waals surface area contributed by atoms with Gasteiger partial charge in [-0.05, 0) is 0 Å². The van der Waals surface area contributed by atoms with Crippen molar-refractivity contribution >= 4 is 10.1 Å². The van der Waals surface area contributed by atoms with Gasteiger partial charge in [-0.2, -0.15) is 56.7 Å². The average molecular weight is 439 g/mol. The zero-order valence-corrected chi connectivity index (χ0v) is 12.7. The zero-order valence-electron chi connectivity index (χ0n) is 11.9. The van der Waals surface area contributed by atoms with Crippen LogP contribution in [0.4, 0.5) is 52.7 Å². The monoisotopic (exact) mass is 439 g/mol. The number of alkyl halides is 12. The highest BCUT2D eigenvalue weighted by molar-refractivity contribution is 7.86. The summed E-state index contributed by atoms with van der Waals surface area (Å²) < 4.78 is 175. The number of hydrogen-bond acceptors (Lipinski definition) is 3. The van der Waals surface area contributed by atoms with E-state index in [1.807, 2.05) is 0 Å². The molecule has 0 bridgehead atoms. The lowest BCUT2D eigenvalue weighted by molar-refractivity contribution is -0.424. The molecule has 0 fully saturated rings. The first-order valence-electron chi connectivity index (χ1n) is 5.56. The second-order valence-electron chi connectivity index (χ2n) is 4.20. The van der Waals surface area contributed by atoms with E-state index < -0.39 is 45.5 Å². The van der Waals surface area contributed by atoms with E-state index in [0.29, 0.717) is 6.54 Å². The lowest BCUT2D eigenvalue weighted by atomic mass is 9.99. The second-order valence-corrected chi connectivity index (χ2v) is 5.64. The molecule has 0 heterocycles. The molecule has 1 atom stereocenters. The molecule has 0 amide bonds. The highest BCUT2D eigenvalue weighted by Crippen LogP contribution is 2.58. The molecule has 3 N–H and O–H groups in total. The van der Waals surface area contributed by atoms with Crippen LogP contribution in [0.25, 0.3) is 0 Å². The largest absolute Gasteiger partial charge is 0.460 e. The van der Waals surface area contributed by atoms with Crippen LogP contribution in [0.3, 0.4) is 0 Å². The summed E-state index contributed by atoms with van der Waals surface area (Å²) in [5, 5.41) is 0. The summed E-state index contributed by atoms with van der Waals surface area (Å²) in [6, 6.07) is 0. The standard InChI is InChI=1S/C6H2F12O3S.C3H7N/c7-1(22(19,20)21)2(8,9)3(10,11)4(12,13)5(14,15)6(16,17)18;1-2-3-4/h1H,(H,19,20,21);2H,1,3-4H2. The Hall–Kier alpha value is -1.23. The SMILES string of the molecule is C=CCN.O=S(=O)(O)C(F)C(F)(F)C(F)(F)C(F)(F)C(F)(F)C(F)(F)F. The maximum atomic E-state index is 12.7. The van der Waals surface area contributed by atoms with Crippen molar-refractivity contribution in [3.8, 4) is 0 Å². The van der Waals surface area contributed by atoms with Gasteiger partial charge in [0.1, 0.15) is 0 Å². The van der Waals surface area contributed by atoms with Crippen LogP contribution in [0.2, 0.25) is 0 Å². The first-order valence-corrected chi connectivity index (χ1v) is 7.07. The van der Waals surface area contributed by atoms with Crippen molar-refractivity contribution in [3.05, 3.63) is 12.7 Å². The molecule has 0 rings (SSSR count). The minimum absolute atomic E-state index is 0.583. The van der Waals surface area contributed by atoms with Gasteiger partial charge in [-0.1, -0.05) is 6.08 Å². The smallest absolute Gasteiger partial charge is 0.327 e. The first-order chi connectivity index (χ1) is 11.1. The maximum absolute atomic E-state index is 12.7. The fourth-order valence-corrected chi connectivity index (χ4v) is 1.44. The van der Waals surface area contributed by atoms with Crippen molar-refractivity contribution < 1.29 is 65.7 Å². The molecule has 158 valence electrons. The van der Waals surface area contributed by atoms with Crippen LogP contribution >= 0.6 is 0 Å². The van der Waals surface area contributed by atoms with Gasteiger partial charge in [0, 0.05) is 6.54 Å². The van der Waals surface area contributed by atoms with Crippen molar-refractivity contribution in [1.82, 2.24) is 0 Å². The van der Waals surface area contributed by atoms with Crippen molar-refractivity contribution in [2.75, 3.05) is 6.54 Å². The summed E-state index contributed by atoms with van der Waals surface area (Å²) in [4.78, 5) is 0. The molecule has 1 unspecified atom stereocenters. The molecule has 0 aliphatic carbocycles. The van der Waals surface area contributed by atoms with Gasteiger partial charge in [-0.15, -0.1) is 6.58 Å². The average Bonchev–Trinajstić information content (AvgIpc) is 2.43. The van der Waals surface area contributed by atoms with Crippen molar-refractivity contribution in [2.24, 2.45) is 5.73 Å². The van der Waals surface area contributed by atoms with Gasteiger partial charge in [-0.25, -0.2) is 4.39 Å². The zero-order chi connectivity index (χ0) is 22.0. The van der Waals surface area contributed by atoms with Crippen LogP contribution in [0.1, 0.15) is 0 Å². The quantitative estimate of drug-likeness (QED) is 0.378. The lowest BCUT2D eigenvalue weighted by Crippen LogP contribution is -2.68. The third kappa shape index (κ3) is 4.73. The second kappa shape index (κ2) is 7.79. The van der Waals surface area contributed by atoms with E-state index in [9.17, 15) is 61.1 Å². The van der Waals surface area contributed by atoms with Gasteiger partial charge in [-0.3, -0.25) is 4.55 Å². The summed E-state index contributed by atoms with van der Waals surface area (Å²) in [6.07, 6.45) is -5.81. The van der Waals surface area contributed by atoms with Crippen molar-refractivity contribution in [1.29, 1.82) is 0 Å². The summed E-state index contributed by atoms with van der Waals surface area (Å²) in [7, 11) is -6.84. The van der Waals surface area contributed by atoms with E-state index in [2.05, 4.69) is 6.58 Å². The number of nitrogens with two attached hydrogens (primary N) is 1. The molecule has 26 heavy (non-hydrogen) atoms. The topological polar surface area (TPSA) is 80.4 Å². The highest BCUT2D eigenvalue weighted by Gasteiger charge is 2.89. The van der Waals surface area contributed by atoms with Crippen LogP contribution in [0.15, 0.2) is 12.7 Å². The fourth-order valence-electron chi connectivity index (χ4n) is 0.914. The molecule has 0 saturated heterocycles. The molecular weight excluding hydrogens is 430 g/mol. The van der Waals surface area contributed by atoms with Crippen molar-refractivity contribution in [3.63, 3.8) is 0 Å². The minimum atomic E-state index is -7.95. The van der Waals surface area contributed by atoms with E-state index in [1.165, 1.54) is 0 Å². The molecule has 0 saturated carbocycles. The predicted molar refractivity (Wildman–Crippen MR) is 61.5 cm³/mol. The van der Waals surface area contributed by atoms with Crippen LogP contribution < -0.4 is 5.73 Å². The third-order valence-corrected chi connectivity index (χ3v) is 3.10. The predicted octanol–water partition coefficient (Wildman–Crippen LogP) is 3.40. The molecule has 0 spiro atoms. The Morgan fingerprint density at radius 1 is 0.885 bits per heavy atom. The molecule has 0 aromatic heterocycles. The van der Waals surface area contributed by atoms with Crippen LogP contribution in [0.5, 0.6) is 0 Å². The van der Waals surface area contributed by atoms with E-state index in [1.54, 1.807) is 6.08 Å². The van der Waals surface area contributed by atoms with Gasteiger partial charge in [0.2, 0.25) is 0 Å². The first kappa shape index (κ1) is 27.0. The molecule has 0 aromatic rings. The van der Waals surface area contributed by atoms with Crippen LogP contribution in [-0.2, 0) is 10.1 Å². The summed E-state index contributed by atoms with van der Waals surface area (Å²) in [6.45, 7) is 3.94. The van der Waals surface area contributed by atoms with Crippen LogP contribution in [-0.4, -0.2) is 54.9 Å². The van der Waals surface area contributed by atoms with Gasteiger partial charge >= 0.3 is 40.0 Å². The molecule has 0 aliphatic rings. The van der Waals surface area contributed by atoms with E-state index >= 15 is 0 Å². The molecular formula is C9H9F12NO3S. The Balaban J connectivity index is 0. The number of rotatable bonds is 6. The molecule has 17 heteroatoms. The summed E-state index contributed by atoms with van der Waals surface area (Å²) in [5.41, 5.74) is -0.683. The Kier molecular flexibility index (Phi) is 8.09. The van der Waals surface area contributed by atoms with E-state index in [0.717, 1.165) is 0 Å². The number of halogens is 12. The van der Waals surface area contributed by atoms with Gasteiger partial charge in [0.05, 0.1) is 0 Å². The van der Waals surface area contributed by atoms with Crippen LogP contribution in [0, 0.1) is 0 Å². The normalized spacial score (nSPS) is 15.8. The van der Waals surface area contributed by atoms with E-state index in [4.69, 9.17) is 10.3 Å². The Morgan fingerprint density at radius 3 is 1.38 bits per heavy atom. The Morgan fingerprint density at radius 2 is 1.19 bits per heavy atom. The summed E-state index contributed by atoms with van der Waals surface area (Å²) in [5.74, 6) is -30.9. The molecule has 0 radical (unpaired) electrons. The van der Waals surface area contributed by atoms with E-state index in [-0.39, 0.29) is 0 Å². The lowest BCUT2D eigenvalue weighted by Gasteiger charge is -2.37. The third-order valence-electron chi connectivity index (χ3n) is 2.28. The maximum Gasteiger partial charge on any atom is 0.460 e. The molecule has 0 aliphatic heterocycles. The summed E-state index contributed by atoms with van der Waals surface area (Å²) >= 11 is 0. The van der Waals surface area contributed by atoms with Gasteiger partial charge in [0.25, 0.3) is 5.50 Å².